The van der Waals surface area contributed by atoms with Crippen molar-refractivity contribution in [1.29, 1.82) is 0 Å². The number of carbonyl (C=O) groups is 1. The lowest BCUT2D eigenvalue weighted by Crippen LogP contribution is -2.13. The minimum atomic E-state index is -0.501. The summed E-state index contributed by atoms with van der Waals surface area (Å²) in [6.07, 6.45) is 1.50. The third-order valence-corrected chi connectivity index (χ3v) is 6.09. The van der Waals surface area contributed by atoms with Crippen molar-refractivity contribution in [1.82, 2.24) is 24.7 Å². The van der Waals surface area contributed by atoms with Crippen molar-refractivity contribution in [2.75, 3.05) is 11.9 Å². The second kappa shape index (κ2) is 9.81. The second-order valence-corrected chi connectivity index (χ2v) is 9.02. The van der Waals surface area contributed by atoms with E-state index in [-0.39, 0.29) is 12.2 Å². The first-order valence-corrected chi connectivity index (χ1v) is 12.2. The van der Waals surface area contributed by atoms with Crippen LogP contribution in [0.4, 0.5) is 11.6 Å². The van der Waals surface area contributed by atoms with E-state index in [0.717, 1.165) is 38.9 Å². The maximum Gasteiger partial charge on any atom is 0.343 e. The fourth-order valence-electron chi connectivity index (χ4n) is 4.30. The summed E-state index contributed by atoms with van der Waals surface area (Å²) < 4.78 is 7.01. The Labute approximate surface area is 215 Å². The molecule has 5 aromatic rings. The molecule has 0 radical (unpaired) electrons. The van der Waals surface area contributed by atoms with Crippen molar-refractivity contribution in [3.8, 4) is 17.2 Å². The van der Waals surface area contributed by atoms with E-state index < -0.39 is 5.97 Å². The Morgan fingerprint density at radius 3 is 2.57 bits per heavy atom. The molecule has 2 aromatic carbocycles. The van der Waals surface area contributed by atoms with Crippen LogP contribution in [0, 0.1) is 27.7 Å². The molecule has 1 N–H and O–H groups in total. The van der Waals surface area contributed by atoms with Crippen molar-refractivity contribution in [3.05, 3.63) is 88.7 Å². The Morgan fingerprint density at radius 2 is 1.78 bits per heavy atom. The average molecular weight is 493 g/mol. The van der Waals surface area contributed by atoms with Gasteiger partial charge in [0.25, 0.3) is 0 Å². The monoisotopic (exact) mass is 492 g/mol. The number of anilines is 2. The van der Waals surface area contributed by atoms with Crippen LogP contribution in [0.5, 0.6) is 0 Å². The third kappa shape index (κ3) is 4.78. The Kier molecular flexibility index (Phi) is 6.40. The number of carbonyl (C=O) groups excluding carboxylic acids is 1. The number of aromatic nitrogens is 5. The fourth-order valence-corrected chi connectivity index (χ4v) is 4.30. The van der Waals surface area contributed by atoms with Gasteiger partial charge in [0, 0.05) is 23.2 Å². The number of aryl methyl sites for hydroxylation is 4. The molecule has 5 rings (SSSR count). The molecule has 8 heteroatoms. The quantitative estimate of drug-likeness (QED) is 0.289. The lowest BCUT2D eigenvalue weighted by Gasteiger charge is -2.14. The first-order valence-electron chi connectivity index (χ1n) is 12.2. The molecule has 0 aliphatic heterocycles. The van der Waals surface area contributed by atoms with E-state index in [1.54, 1.807) is 11.6 Å². The van der Waals surface area contributed by atoms with Crippen molar-refractivity contribution < 1.29 is 9.53 Å². The van der Waals surface area contributed by atoms with Crippen LogP contribution in [-0.2, 0) is 4.74 Å². The predicted molar refractivity (Wildman–Crippen MR) is 145 cm³/mol. The lowest BCUT2D eigenvalue weighted by molar-refractivity contribution is 0.0526. The number of hydrogen-bond acceptors (Lipinski definition) is 7. The summed E-state index contributed by atoms with van der Waals surface area (Å²) in [4.78, 5) is 26.9. The van der Waals surface area contributed by atoms with Crippen molar-refractivity contribution >= 4 is 28.5 Å². The highest BCUT2D eigenvalue weighted by Crippen LogP contribution is 2.28. The minimum absolute atomic E-state index is 0.238. The Balaban J connectivity index is 1.62. The zero-order valence-corrected chi connectivity index (χ0v) is 21.5. The van der Waals surface area contributed by atoms with Crippen LogP contribution < -0.4 is 5.32 Å². The molecule has 0 unspecified atom stereocenters. The van der Waals surface area contributed by atoms with Gasteiger partial charge in [0.15, 0.2) is 11.6 Å². The minimum Gasteiger partial charge on any atom is -0.462 e. The third-order valence-electron chi connectivity index (χ3n) is 6.09. The summed E-state index contributed by atoms with van der Waals surface area (Å²) in [7, 11) is 0. The number of rotatable bonds is 6. The number of hydrogen-bond donors (Lipinski definition) is 1. The molecular formula is C29H28N6O2. The molecule has 0 atom stereocenters. The van der Waals surface area contributed by atoms with Gasteiger partial charge in [-0.15, -0.1) is 0 Å². The summed E-state index contributed by atoms with van der Waals surface area (Å²) >= 11 is 0. The summed E-state index contributed by atoms with van der Waals surface area (Å²) in [5, 5.41) is 9.11. The van der Waals surface area contributed by atoms with Crippen molar-refractivity contribution in [2.24, 2.45) is 0 Å². The Morgan fingerprint density at radius 1 is 0.973 bits per heavy atom. The highest BCUT2D eigenvalue weighted by Gasteiger charge is 2.20. The topological polar surface area (TPSA) is 94.8 Å². The summed E-state index contributed by atoms with van der Waals surface area (Å²) in [6, 6.07) is 18.0. The molecule has 0 spiro atoms. The van der Waals surface area contributed by atoms with Gasteiger partial charge in [-0.05, 0) is 57.9 Å². The molecule has 186 valence electrons. The number of pyridine rings is 1. The molecule has 0 bridgehead atoms. The maximum atomic E-state index is 12.8. The summed E-state index contributed by atoms with van der Waals surface area (Å²) in [5.41, 5.74) is 6.08. The SMILES string of the molecule is CCOC(=O)c1cnc(-c2cccc(C)c2)nc1Nc1cc(C)nn1-c1cc(C)c2cccc(C)c2n1. The van der Waals surface area contributed by atoms with E-state index in [4.69, 9.17) is 14.7 Å². The lowest BCUT2D eigenvalue weighted by atomic mass is 10.1. The highest BCUT2D eigenvalue weighted by atomic mass is 16.5. The van der Waals surface area contributed by atoms with Gasteiger partial charge in [-0.2, -0.15) is 9.78 Å². The molecule has 37 heavy (non-hydrogen) atoms. The van der Waals surface area contributed by atoms with E-state index in [1.165, 1.54) is 6.20 Å². The van der Waals surface area contributed by atoms with Gasteiger partial charge in [-0.25, -0.2) is 19.7 Å². The van der Waals surface area contributed by atoms with Crippen LogP contribution in [-0.4, -0.2) is 37.3 Å². The summed E-state index contributed by atoms with van der Waals surface area (Å²) in [5.74, 6) is 1.62. The molecular weight excluding hydrogens is 464 g/mol. The van der Waals surface area contributed by atoms with Crippen LogP contribution >= 0.6 is 0 Å². The van der Waals surface area contributed by atoms with Gasteiger partial charge in [-0.3, -0.25) is 0 Å². The van der Waals surface area contributed by atoms with Crippen molar-refractivity contribution in [2.45, 2.75) is 34.6 Å². The summed E-state index contributed by atoms with van der Waals surface area (Å²) in [6.45, 7) is 10.0. The van der Waals surface area contributed by atoms with Crippen LogP contribution in [0.1, 0.15) is 39.7 Å². The predicted octanol–water partition coefficient (Wildman–Crippen LogP) is 6.03. The van der Waals surface area contributed by atoms with Crippen LogP contribution in [0.15, 0.2) is 60.8 Å². The molecule has 3 heterocycles. The molecule has 3 aromatic heterocycles. The Bertz CT molecular complexity index is 1640. The smallest absolute Gasteiger partial charge is 0.343 e. The molecule has 0 aliphatic rings. The number of nitrogens with one attached hydrogen (secondary N) is 1. The highest BCUT2D eigenvalue weighted by molar-refractivity contribution is 5.95. The van der Waals surface area contributed by atoms with Gasteiger partial charge in [0.2, 0.25) is 0 Å². The number of fused-ring (bicyclic) bond motifs is 1. The number of ether oxygens (including phenoxy) is 1. The van der Waals surface area contributed by atoms with E-state index in [9.17, 15) is 4.79 Å². The Hall–Kier alpha value is -4.59. The largest absolute Gasteiger partial charge is 0.462 e. The molecule has 0 saturated carbocycles. The van der Waals surface area contributed by atoms with E-state index in [0.29, 0.717) is 23.3 Å². The number of para-hydroxylation sites is 1. The molecule has 0 aliphatic carbocycles. The standard InChI is InChI=1S/C29H28N6O2/c1-6-37-29(36)23-16-30-27(21-11-7-9-17(2)13-21)33-28(23)32-25-15-20(5)34-35(25)24-14-19(4)22-12-8-10-18(3)26(22)31-24/h7-16H,6H2,1-5H3,(H,30,32,33). The van der Waals surface area contributed by atoms with Gasteiger partial charge in [0.1, 0.15) is 17.2 Å². The molecule has 0 saturated heterocycles. The van der Waals surface area contributed by atoms with Gasteiger partial charge >= 0.3 is 5.97 Å². The maximum absolute atomic E-state index is 12.8. The van der Waals surface area contributed by atoms with Gasteiger partial charge in [-0.1, -0.05) is 42.0 Å². The zero-order chi connectivity index (χ0) is 26.1. The zero-order valence-electron chi connectivity index (χ0n) is 21.5. The van der Waals surface area contributed by atoms with Crippen LogP contribution in [0.3, 0.4) is 0 Å². The van der Waals surface area contributed by atoms with E-state index >= 15 is 0 Å². The molecule has 0 amide bonds. The first kappa shape index (κ1) is 24.1. The second-order valence-electron chi connectivity index (χ2n) is 9.02. The molecule has 0 fully saturated rings. The number of benzene rings is 2. The van der Waals surface area contributed by atoms with Gasteiger partial charge in [0.05, 0.1) is 17.8 Å². The van der Waals surface area contributed by atoms with E-state index in [2.05, 4.69) is 28.4 Å². The van der Waals surface area contributed by atoms with Crippen molar-refractivity contribution in [3.63, 3.8) is 0 Å². The van der Waals surface area contributed by atoms with Gasteiger partial charge < -0.3 is 10.1 Å². The molecule has 8 nitrogen and oxygen atoms in total. The van der Waals surface area contributed by atoms with Crippen LogP contribution in [0.2, 0.25) is 0 Å². The van der Waals surface area contributed by atoms with E-state index in [1.807, 2.05) is 69.3 Å². The average Bonchev–Trinajstić information content (AvgIpc) is 3.24. The fraction of sp³-hybridized carbons (Fsp3) is 0.207. The number of esters is 1. The number of nitrogens with zero attached hydrogens (tertiary/aromatic N) is 5. The normalized spacial score (nSPS) is 11.1. The first-order chi connectivity index (χ1) is 17.8. The van der Waals surface area contributed by atoms with Crippen LogP contribution in [0.25, 0.3) is 28.1 Å².